The van der Waals surface area contributed by atoms with Gasteiger partial charge in [0.15, 0.2) is 5.78 Å². The molecule has 0 radical (unpaired) electrons. The summed E-state index contributed by atoms with van der Waals surface area (Å²) in [6.45, 7) is 1.73. The van der Waals surface area contributed by atoms with E-state index in [1.54, 1.807) is 39.2 Å². The third-order valence-electron chi connectivity index (χ3n) is 3.65. The molecule has 0 saturated carbocycles. The molecule has 128 valence electrons. The fraction of sp³-hybridized carbons (Fsp3) is 0.294. The molecule has 0 aliphatic heterocycles. The number of hydrogen-bond acceptors (Lipinski definition) is 6. The normalized spacial score (nSPS) is 10.4. The molecular formula is C17H20N2O4S. The molecule has 2 N–H and O–H groups in total. The van der Waals surface area contributed by atoms with Crippen LogP contribution in [-0.4, -0.2) is 44.9 Å². The van der Waals surface area contributed by atoms with Crippen molar-refractivity contribution in [2.75, 3.05) is 34.0 Å². The average Bonchev–Trinajstić information content (AvgIpc) is 2.87. The molecule has 0 aliphatic carbocycles. The highest BCUT2D eigenvalue weighted by Crippen LogP contribution is 2.35. The summed E-state index contributed by atoms with van der Waals surface area (Å²) in [5, 5.41) is 0.313. The van der Waals surface area contributed by atoms with E-state index in [1.807, 2.05) is 0 Å². The Morgan fingerprint density at radius 3 is 2.38 bits per heavy atom. The number of rotatable bonds is 5. The third kappa shape index (κ3) is 3.07. The molecule has 1 heterocycles. The van der Waals surface area contributed by atoms with E-state index < -0.39 is 0 Å². The molecule has 1 aromatic carbocycles. The van der Waals surface area contributed by atoms with Crippen molar-refractivity contribution in [3.63, 3.8) is 0 Å². The molecule has 1 aromatic heterocycles. The van der Waals surface area contributed by atoms with E-state index in [0.717, 1.165) is 11.3 Å². The molecule has 0 bridgehead atoms. The fourth-order valence-corrected chi connectivity index (χ4v) is 3.44. The van der Waals surface area contributed by atoms with Gasteiger partial charge < -0.3 is 20.1 Å². The van der Waals surface area contributed by atoms with E-state index in [1.165, 1.54) is 19.1 Å². The van der Waals surface area contributed by atoms with Crippen molar-refractivity contribution in [1.82, 2.24) is 4.90 Å². The quantitative estimate of drug-likeness (QED) is 0.840. The summed E-state index contributed by atoms with van der Waals surface area (Å²) in [5.74, 6) is 0.483. The summed E-state index contributed by atoms with van der Waals surface area (Å²) < 4.78 is 10.4. The number of nitrogen functional groups attached to an aromatic ring is 1. The molecule has 7 heteroatoms. The van der Waals surface area contributed by atoms with Crippen LogP contribution in [0.25, 0.3) is 0 Å². The van der Waals surface area contributed by atoms with E-state index in [2.05, 4.69) is 0 Å². The minimum Gasteiger partial charge on any atom is -0.497 e. The van der Waals surface area contributed by atoms with Crippen molar-refractivity contribution in [3.8, 4) is 11.5 Å². The number of anilines is 1. The standard InChI is InChI=1S/C17H20N2O4S/c1-9-13(16(18)24-15(9)17(21)19(2)3)14(20)11-8-10(22-4)6-7-12(11)23-5/h6-8H,18H2,1-5H3. The van der Waals surface area contributed by atoms with Gasteiger partial charge in [0.25, 0.3) is 5.91 Å². The Morgan fingerprint density at radius 2 is 1.83 bits per heavy atom. The molecule has 2 aromatic rings. The summed E-state index contributed by atoms with van der Waals surface area (Å²) in [4.78, 5) is 27.2. The van der Waals surface area contributed by atoms with Gasteiger partial charge in [0.1, 0.15) is 11.5 Å². The van der Waals surface area contributed by atoms with E-state index in [0.29, 0.717) is 38.1 Å². The Bertz CT molecular complexity index is 796. The van der Waals surface area contributed by atoms with E-state index in [4.69, 9.17) is 15.2 Å². The van der Waals surface area contributed by atoms with Crippen molar-refractivity contribution in [2.24, 2.45) is 0 Å². The van der Waals surface area contributed by atoms with Crippen LogP contribution in [0.1, 0.15) is 31.2 Å². The van der Waals surface area contributed by atoms with E-state index in [-0.39, 0.29) is 11.7 Å². The first-order chi connectivity index (χ1) is 11.3. The number of hydrogen-bond donors (Lipinski definition) is 1. The van der Waals surface area contributed by atoms with Gasteiger partial charge in [-0.15, -0.1) is 11.3 Å². The molecule has 0 spiro atoms. The van der Waals surface area contributed by atoms with Crippen LogP contribution in [0.3, 0.4) is 0 Å². The Kier molecular flexibility index (Phi) is 5.14. The van der Waals surface area contributed by atoms with Gasteiger partial charge in [-0.2, -0.15) is 0 Å². The lowest BCUT2D eigenvalue weighted by Gasteiger charge is -2.11. The van der Waals surface area contributed by atoms with Crippen molar-refractivity contribution >= 4 is 28.0 Å². The van der Waals surface area contributed by atoms with Crippen LogP contribution in [0.15, 0.2) is 18.2 Å². The number of methoxy groups -OCH3 is 2. The van der Waals surface area contributed by atoms with E-state index >= 15 is 0 Å². The average molecular weight is 348 g/mol. The van der Waals surface area contributed by atoms with Gasteiger partial charge in [0, 0.05) is 14.1 Å². The Hall–Kier alpha value is -2.54. The number of amides is 1. The van der Waals surface area contributed by atoms with Crippen molar-refractivity contribution in [3.05, 3.63) is 39.8 Å². The molecule has 24 heavy (non-hydrogen) atoms. The molecule has 0 unspecified atom stereocenters. The van der Waals surface area contributed by atoms with Crippen LogP contribution in [0, 0.1) is 6.92 Å². The number of thiophene rings is 1. The molecule has 6 nitrogen and oxygen atoms in total. The number of carbonyl (C=O) groups excluding carboxylic acids is 2. The number of benzene rings is 1. The Labute approximate surface area is 144 Å². The monoisotopic (exact) mass is 348 g/mol. The zero-order chi connectivity index (χ0) is 18.0. The predicted octanol–water partition coefficient (Wildman–Crippen LogP) is 2.59. The number of nitrogens with two attached hydrogens (primary N) is 1. The summed E-state index contributed by atoms with van der Waals surface area (Å²) in [7, 11) is 6.33. The van der Waals surface area contributed by atoms with Crippen LogP contribution in [0.2, 0.25) is 0 Å². The maximum atomic E-state index is 13.0. The summed E-state index contributed by atoms with van der Waals surface area (Å²) in [6.07, 6.45) is 0. The Balaban J connectivity index is 2.57. The van der Waals surface area contributed by atoms with Gasteiger partial charge in [-0.1, -0.05) is 0 Å². The van der Waals surface area contributed by atoms with Crippen LogP contribution in [0.4, 0.5) is 5.00 Å². The molecule has 2 rings (SSSR count). The van der Waals surface area contributed by atoms with Crippen LogP contribution in [-0.2, 0) is 0 Å². The second kappa shape index (κ2) is 6.92. The lowest BCUT2D eigenvalue weighted by atomic mass is 9.99. The fourth-order valence-electron chi connectivity index (χ4n) is 2.35. The number of carbonyl (C=O) groups is 2. The maximum absolute atomic E-state index is 13.0. The maximum Gasteiger partial charge on any atom is 0.263 e. The SMILES string of the molecule is COc1ccc(OC)c(C(=O)c2c(N)sc(C(=O)N(C)C)c2C)c1. The minimum absolute atomic E-state index is 0.180. The van der Waals surface area contributed by atoms with Gasteiger partial charge in [-0.3, -0.25) is 9.59 Å². The van der Waals surface area contributed by atoms with Crippen molar-refractivity contribution in [1.29, 1.82) is 0 Å². The third-order valence-corrected chi connectivity index (χ3v) is 4.76. The molecular weight excluding hydrogens is 328 g/mol. The Morgan fingerprint density at radius 1 is 1.17 bits per heavy atom. The van der Waals surface area contributed by atoms with E-state index in [9.17, 15) is 9.59 Å². The molecule has 0 aliphatic rings. The summed E-state index contributed by atoms with van der Waals surface area (Å²) in [6, 6.07) is 4.97. The second-order valence-corrected chi connectivity index (χ2v) is 6.44. The largest absolute Gasteiger partial charge is 0.497 e. The number of ketones is 1. The first-order valence-corrected chi connectivity index (χ1v) is 8.00. The highest BCUT2D eigenvalue weighted by Gasteiger charge is 2.26. The van der Waals surface area contributed by atoms with Gasteiger partial charge in [0.2, 0.25) is 0 Å². The first kappa shape index (κ1) is 17.8. The van der Waals surface area contributed by atoms with Gasteiger partial charge in [-0.25, -0.2) is 0 Å². The first-order valence-electron chi connectivity index (χ1n) is 7.19. The predicted molar refractivity (Wildman–Crippen MR) is 94.5 cm³/mol. The number of nitrogens with zero attached hydrogens (tertiary/aromatic N) is 1. The lowest BCUT2D eigenvalue weighted by Crippen LogP contribution is -2.21. The van der Waals surface area contributed by atoms with Crippen LogP contribution >= 0.6 is 11.3 Å². The van der Waals surface area contributed by atoms with Crippen LogP contribution in [0.5, 0.6) is 11.5 Å². The van der Waals surface area contributed by atoms with Gasteiger partial charge in [-0.05, 0) is 30.7 Å². The molecule has 0 fully saturated rings. The summed E-state index contributed by atoms with van der Waals surface area (Å²) in [5.41, 5.74) is 7.28. The van der Waals surface area contributed by atoms with Crippen LogP contribution < -0.4 is 15.2 Å². The van der Waals surface area contributed by atoms with Crippen molar-refractivity contribution in [2.45, 2.75) is 6.92 Å². The zero-order valence-electron chi connectivity index (χ0n) is 14.3. The molecule has 0 saturated heterocycles. The zero-order valence-corrected chi connectivity index (χ0v) is 15.1. The highest BCUT2D eigenvalue weighted by molar-refractivity contribution is 7.18. The lowest BCUT2D eigenvalue weighted by molar-refractivity contribution is 0.0831. The highest BCUT2D eigenvalue weighted by atomic mass is 32.1. The van der Waals surface area contributed by atoms with Gasteiger partial charge >= 0.3 is 0 Å². The minimum atomic E-state index is -0.296. The van der Waals surface area contributed by atoms with Crippen molar-refractivity contribution < 1.29 is 19.1 Å². The topological polar surface area (TPSA) is 81.9 Å². The second-order valence-electron chi connectivity index (χ2n) is 5.39. The number of ether oxygens (including phenoxy) is 2. The molecule has 0 atom stereocenters. The molecule has 1 amide bonds. The summed E-state index contributed by atoms with van der Waals surface area (Å²) >= 11 is 1.12. The smallest absolute Gasteiger partial charge is 0.263 e. The van der Waals surface area contributed by atoms with Gasteiger partial charge in [0.05, 0.1) is 35.2 Å².